The minimum Gasteiger partial charge on any atom is -0.465 e. The molecule has 1 aliphatic heterocycles. The molecule has 6 heteroatoms. The Balaban J connectivity index is 1.75. The van der Waals surface area contributed by atoms with Gasteiger partial charge < -0.3 is 9.47 Å². The van der Waals surface area contributed by atoms with Crippen LogP contribution in [0.2, 0.25) is 5.02 Å². The van der Waals surface area contributed by atoms with Crippen molar-refractivity contribution >= 4 is 35.2 Å². The maximum absolute atomic E-state index is 13.4. The van der Waals surface area contributed by atoms with Crippen LogP contribution in [0.25, 0.3) is 6.08 Å². The fourth-order valence-electron chi connectivity index (χ4n) is 3.56. The third-order valence-electron chi connectivity index (χ3n) is 5.03. The van der Waals surface area contributed by atoms with Crippen LogP contribution >= 0.6 is 11.6 Å². The number of nitrogens with zero attached hydrogens (tertiary/aromatic N) is 1. The van der Waals surface area contributed by atoms with E-state index in [4.69, 9.17) is 21.1 Å². The van der Waals surface area contributed by atoms with Crippen molar-refractivity contribution in [2.75, 3.05) is 12.0 Å². The molecule has 0 fully saturated rings. The Morgan fingerprint density at radius 1 is 0.938 bits per heavy atom. The van der Waals surface area contributed by atoms with E-state index in [-0.39, 0.29) is 17.1 Å². The summed E-state index contributed by atoms with van der Waals surface area (Å²) in [5, 5.41) is 0.406. The van der Waals surface area contributed by atoms with Crippen molar-refractivity contribution in [1.82, 2.24) is 0 Å². The highest BCUT2D eigenvalue weighted by Crippen LogP contribution is 2.38. The van der Waals surface area contributed by atoms with Crippen LogP contribution in [0.5, 0.6) is 11.5 Å². The summed E-state index contributed by atoms with van der Waals surface area (Å²) in [5.74, 6) is 0.364. The summed E-state index contributed by atoms with van der Waals surface area (Å²) in [6.45, 7) is 1.70. The Bertz CT molecular complexity index is 1250. The summed E-state index contributed by atoms with van der Waals surface area (Å²) in [5.41, 5.74) is 2.09. The van der Waals surface area contributed by atoms with Gasteiger partial charge in [0.1, 0.15) is 11.5 Å². The quantitative estimate of drug-likeness (QED) is 0.356. The number of carbonyl (C=O) groups excluding carboxylic acids is 2. The van der Waals surface area contributed by atoms with Gasteiger partial charge >= 0.3 is 5.97 Å². The zero-order valence-electron chi connectivity index (χ0n) is 17.5. The zero-order chi connectivity index (χ0) is 22.7. The van der Waals surface area contributed by atoms with Gasteiger partial charge in [0.15, 0.2) is 0 Å². The minimum absolute atomic E-state index is 0.201. The number of hydrogen-bond acceptors (Lipinski definition) is 4. The molecule has 0 aromatic heterocycles. The topological polar surface area (TPSA) is 55.8 Å². The first-order valence-electron chi connectivity index (χ1n) is 9.93. The average molecular weight is 446 g/mol. The molecule has 160 valence electrons. The summed E-state index contributed by atoms with van der Waals surface area (Å²) < 4.78 is 10.9. The van der Waals surface area contributed by atoms with Crippen LogP contribution in [-0.2, 0) is 14.3 Å². The molecular formula is C26H20ClNO4. The van der Waals surface area contributed by atoms with Gasteiger partial charge in [-0.1, -0.05) is 54.1 Å². The zero-order valence-corrected chi connectivity index (χ0v) is 18.3. The molecule has 3 aromatic carbocycles. The summed E-state index contributed by atoms with van der Waals surface area (Å²) in [7, 11) is 1.29. The maximum Gasteiger partial charge on any atom is 0.340 e. The Morgan fingerprint density at radius 2 is 1.62 bits per heavy atom. The second-order valence-corrected chi connectivity index (χ2v) is 7.50. The predicted octanol–water partition coefficient (Wildman–Crippen LogP) is 6.01. The van der Waals surface area contributed by atoms with E-state index in [2.05, 4.69) is 0 Å². The lowest BCUT2D eigenvalue weighted by Crippen LogP contribution is -2.24. The van der Waals surface area contributed by atoms with E-state index in [1.807, 2.05) is 48.5 Å². The molecule has 0 radical (unpaired) electrons. The Kier molecular flexibility index (Phi) is 6.10. The van der Waals surface area contributed by atoms with E-state index in [9.17, 15) is 9.59 Å². The highest BCUT2D eigenvalue weighted by molar-refractivity contribution is 6.35. The van der Waals surface area contributed by atoms with Gasteiger partial charge in [-0.15, -0.1) is 0 Å². The van der Waals surface area contributed by atoms with Gasteiger partial charge in [-0.25, -0.2) is 4.79 Å². The molecule has 3 aromatic rings. The number of esters is 1. The number of para-hydroxylation sites is 2. The molecule has 1 heterocycles. The Labute approximate surface area is 191 Å². The lowest BCUT2D eigenvalue weighted by Gasteiger charge is -2.19. The molecule has 4 rings (SSSR count). The van der Waals surface area contributed by atoms with Gasteiger partial charge in [-0.05, 0) is 55.0 Å². The van der Waals surface area contributed by atoms with Crippen molar-refractivity contribution in [3.05, 3.63) is 106 Å². The van der Waals surface area contributed by atoms with E-state index >= 15 is 0 Å². The fourth-order valence-corrected chi connectivity index (χ4v) is 3.78. The number of hydrogen-bond donors (Lipinski definition) is 0. The first-order valence-corrected chi connectivity index (χ1v) is 10.3. The number of halogens is 1. The van der Waals surface area contributed by atoms with Crippen LogP contribution in [0.4, 0.5) is 5.69 Å². The van der Waals surface area contributed by atoms with Crippen LogP contribution < -0.4 is 9.64 Å². The molecule has 0 unspecified atom stereocenters. The predicted molar refractivity (Wildman–Crippen MR) is 125 cm³/mol. The standard InChI is InChI=1S/C26H20ClNO4/c1-17-24(26(30)31-2)21(25(29)28(17)23-14-7-6-13-22(23)27)16-18-9-8-12-20(15-18)32-19-10-4-3-5-11-19/h3-16H,1-2H3/b21-16-. The van der Waals surface area contributed by atoms with E-state index in [1.165, 1.54) is 12.0 Å². The van der Waals surface area contributed by atoms with Crippen molar-refractivity contribution in [3.8, 4) is 11.5 Å². The first-order chi connectivity index (χ1) is 15.5. The molecule has 32 heavy (non-hydrogen) atoms. The monoisotopic (exact) mass is 445 g/mol. The van der Waals surface area contributed by atoms with Crippen molar-refractivity contribution in [2.45, 2.75) is 6.92 Å². The van der Waals surface area contributed by atoms with Gasteiger partial charge in [0.25, 0.3) is 5.91 Å². The van der Waals surface area contributed by atoms with Crippen LogP contribution in [0, 0.1) is 0 Å². The van der Waals surface area contributed by atoms with E-state index in [0.717, 1.165) is 0 Å². The smallest absolute Gasteiger partial charge is 0.340 e. The number of amides is 1. The first kappa shape index (κ1) is 21.4. The highest BCUT2D eigenvalue weighted by atomic mass is 35.5. The molecular weight excluding hydrogens is 426 g/mol. The van der Waals surface area contributed by atoms with Crippen LogP contribution in [0.3, 0.4) is 0 Å². The molecule has 0 N–H and O–H groups in total. The average Bonchev–Trinajstić information content (AvgIpc) is 3.04. The second-order valence-electron chi connectivity index (χ2n) is 7.09. The van der Waals surface area contributed by atoms with E-state index < -0.39 is 5.97 Å². The third-order valence-corrected chi connectivity index (χ3v) is 5.35. The number of ether oxygens (including phenoxy) is 2. The van der Waals surface area contributed by atoms with Crippen LogP contribution in [0.1, 0.15) is 12.5 Å². The lowest BCUT2D eigenvalue weighted by molar-refractivity contribution is -0.136. The Hall–Kier alpha value is -3.83. The largest absolute Gasteiger partial charge is 0.465 e. The van der Waals surface area contributed by atoms with Crippen LogP contribution in [-0.4, -0.2) is 19.0 Å². The molecule has 0 bridgehead atoms. The number of methoxy groups -OCH3 is 1. The summed E-state index contributed by atoms with van der Waals surface area (Å²) in [6.07, 6.45) is 1.66. The lowest BCUT2D eigenvalue weighted by atomic mass is 10.0. The van der Waals surface area contributed by atoms with Gasteiger partial charge in [-0.3, -0.25) is 9.69 Å². The fraction of sp³-hybridized carbons (Fsp3) is 0.0769. The number of carbonyl (C=O) groups is 2. The van der Waals surface area contributed by atoms with E-state index in [0.29, 0.717) is 33.5 Å². The number of anilines is 1. The number of rotatable bonds is 5. The molecule has 0 spiro atoms. The van der Waals surface area contributed by atoms with Gasteiger partial charge in [0.05, 0.1) is 29.0 Å². The molecule has 1 amide bonds. The summed E-state index contributed by atoms with van der Waals surface area (Å²) in [4.78, 5) is 27.4. The second kappa shape index (κ2) is 9.12. The maximum atomic E-state index is 13.4. The molecule has 5 nitrogen and oxygen atoms in total. The van der Waals surface area contributed by atoms with Crippen molar-refractivity contribution in [1.29, 1.82) is 0 Å². The third kappa shape index (κ3) is 4.15. The highest BCUT2D eigenvalue weighted by Gasteiger charge is 2.38. The molecule has 0 atom stereocenters. The number of allylic oxidation sites excluding steroid dienone is 1. The van der Waals surface area contributed by atoms with Gasteiger partial charge in [0, 0.05) is 5.70 Å². The van der Waals surface area contributed by atoms with Gasteiger partial charge in [-0.2, -0.15) is 0 Å². The normalized spacial score (nSPS) is 14.8. The van der Waals surface area contributed by atoms with E-state index in [1.54, 1.807) is 43.3 Å². The molecule has 0 saturated carbocycles. The summed E-state index contributed by atoms with van der Waals surface area (Å²) in [6, 6.07) is 23.7. The minimum atomic E-state index is -0.589. The molecule has 0 saturated heterocycles. The molecule has 1 aliphatic rings. The Morgan fingerprint density at radius 3 is 2.34 bits per heavy atom. The summed E-state index contributed by atoms with van der Waals surface area (Å²) >= 11 is 6.33. The molecule has 0 aliphatic carbocycles. The van der Waals surface area contributed by atoms with Crippen molar-refractivity contribution < 1.29 is 19.1 Å². The van der Waals surface area contributed by atoms with Crippen molar-refractivity contribution in [3.63, 3.8) is 0 Å². The van der Waals surface area contributed by atoms with Gasteiger partial charge in [0.2, 0.25) is 0 Å². The SMILES string of the molecule is COC(=O)C1=C(C)N(c2ccccc2Cl)C(=O)/C1=C\c1cccc(Oc2ccccc2)c1. The van der Waals surface area contributed by atoms with Crippen molar-refractivity contribution in [2.24, 2.45) is 0 Å². The number of benzene rings is 3. The van der Waals surface area contributed by atoms with Crippen LogP contribution in [0.15, 0.2) is 95.7 Å².